The number of aliphatic hydroxyl groups is 1. The summed E-state index contributed by atoms with van der Waals surface area (Å²) in [6.45, 7) is 1.28. The molecule has 0 saturated carbocycles. The van der Waals surface area contributed by atoms with Crippen molar-refractivity contribution in [3.8, 4) is 5.88 Å². The van der Waals surface area contributed by atoms with Gasteiger partial charge < -0.3 is 14.9 Å². The molecule has 0 radical (unpaired) electrons. The molecule has 1 aromatic heterocycles. The molecule has 6 nitrogen and oxygen atoms in total. The quantitative estimate of drug-likeness (QED) is 0.471. The topological polar surface area (TPSA) is 92.0 Å². The van der Waals surface area contributed by atoms with Gasteiger partial charge in [-0.25, -0.2) is 9.78 Å². The van der Waals surface area contributed by atoms with E-state index >= 15 is 0 Å². The Morgan fingerprint density at radius 2 is 2.18 bits per heavy atom. The molecule has 1 aromatic rings. The Morgan fingerprint density at radius 1 is 1.47 bits per heavy atom. The van der Waals surface area contributed by atoms with Gasteiger partial charge in [-0.2, -0.15) is 0 Å². The summed E-state index contributed by atoms with van der Waals surface area (Å²) in [6.07, 6.45) is 2.50. The van der Waals surface area contributed by atoms with Crippen molar-refractivity contribution in [3.63, 3.8) is 0 Å². The summed E-state index contributed by atoms with van der Waals surface area (Å²) in [5, 5.41) is 17.9. The molecule has 0 aliphatic rings. The predicted octanol–water partition coefficient (Wildman–Crippen LogP) is 1.71. The number of carboxylic acids is 1. The lowest BCUT2D eigenvalue weighted by atomic mass is 10.2. The second kappa shape index (κ2) is 5.64. The molecular weight excluding hydrogens is 224 g/mol. The smallest absolute Gasteiger partial charge is 0.340 e. The molecule has 17 heavy (non-hydrogen) atoms. The van der Waals surface area contributed by atoms with E-state index in [2.05, 4.69) is 9.98 Å². The summed E-state index contributed by atoms with van der Waals surface area (Å²) in [6, 6.07) is 3.22. The molecule has 0 bridgehead atoms. The second-order valence-corrected chi connectivity index (χ2v) is 3.12. The van der Waals surface area contributed by atoms with Gasteiger partial charge in [-0.05, 0) is 13.0 Å². The minimum atomic E-state index is -1.24. The third-order valence-corrected chi connectivity index (χ3v) is 1.89. The molecule has 0 saturated heterocycles. The highest BCUT2D eigenvalue weighted by Crippen LogP contribution is 2.14. The first-order chi connectivity index (χ1) is 8.04. The number of aliphatic imine (C=N–C) groups is 1. The predicted molar refractivity (Wildman–Crippen MR) is 61.9 cm³/mol. The minimum Gasteiger partial charge on any atom is -0.512 e. The van der Waals surface area contributed by atoms with Crippen LogP contribution in [0.3, 0.4) is 0 Å². The van der Waals surface area contributed by atoms with E-state index < -0.39 is 5.97 Å². The molecule has 0 fully saturated rings. The van der Waals surface area contributed by atoms with Crippen molar-refractivity contribution < 1.29 is 19.7 Å². The van der Waals surface area contributed by atoms with Gasteiger partial charge in [-0.1, -0.05) is 0 Å². The Labute approximate surface area is 97.9 Å². The molecule has 0 aliphatic heterocycles. The first kappa shape index (κ1) is 12.7. The number of aromatic nitrogens is 1. The maximum Gasteiger partial charge on any atom is 0.340 e. The number of aliphatic hydroxyl groups excluding tert-OH is 1. The van der Waals surface area contributed by atoms with Crippen molar-refractivity contribution in [1.82, 2.24) is 4.98 Å². The van der Waals surface area contributed by atoms with E-state index in [-0.39, 0.29) is 11.3 Å². The highest BCUT2D eigenvalue weighted by atomic mass is 16.5. The van der Waals surface area contributed by atoms with Crippen LogP contribution in [-0.4, -0.2) is 34.5 Å². The Morgan fingerprint density at radius 3 is 2.59 bits per heavy atom. The fraction of sp³-hybridized carbons (Fsp3) is 0.182. The number of ether oxygens (including phenoxy) is 1. The fourth-order valence-electron chi connectivity index (χ4n) is 1.01. The van der Waals surface area contributed by atoms with Crippen molar-refractivity contribution in [3.05, 3.63) is 29.7 Å². The number of aliphatic carboxylic acids is 1. The molecule has 0 aromatic carbocycles. The third-order valence-electron chi connectivity index (χ3n) is 1.89. The van der Waals surface area contributed by atoms with Gasteiger partial charge in [-0.15, -0.1) is 0 Å². The summed E-state index contributed by atoms with van der Waals surface area (Å²) >= 11 is 0. The SMILES string of the molecule is COc1ccc(N=CC(C(=O)O)=C(C)O)cn1. The van der Waals surface area contributed by atoms with Crippen LogP contribution in [0.4, 0.5) is 5.69 Å². The van der Waals surface area contributed by atoms with Gasteiger partial charge in [0.05, 0.1) is 19.0 Å². The van der Waals surface area contributed by atoms with Gasteiger partial charge in [0.25, 0.3) is 0 Å². The average molecular weight is 236 g/mol. The molecule has 6 heteroatoms. The fourth-order valence-corrected chi connectivity index (χ4v) is 1.01. The molecular formula is C11H12N2O4. The van der Waals surface area contributed by atoms with E-state index in [4.69, 9.17) is 14.9 Å². The first-order valence-electron chi connectivity index (χ1n) is 4.72. The molecule has 0 spiro atoms. The number of rotatable bonds is 4. The Kier molecular flexibility index (Phi) is 4.21. The van der Waals surface area contributed by atoms with Crippen LogP contribution in [0, 0.1) is 0 Å². The van der Waals surface area contributed by atoms with E-state index in [1.54, 1.807) is 12.1 Å². The van der Waals surface area contributed by atoms with E-state index in [1.165, 1.54) is 20.2 Å². The normalized spacial score (nSPS) is 12.4. The molecule has 0 unspecified atom stereocenters. The van der Waals surface area contributed by atoms with Gasteiger partial charge in [0, 0.05) is 12.3 Å². The van der Waals surface area contributed by atoms with E-state index in [0.29, 0.717) is 11.6 Å². The van der Waals surface area contributed by atoms with Gasteiger partial charge in [0.2, 0.25) is 5.88 Å². The zero-order valence-corrected chi connectivity index (χ0v) is 9.41. The molecule has 1 heterocycles. The Balaban J connectivity index is 2.89. The Hall–Kier alpha value is -2.37. The highest BCUT2D eigenvalue weighted by Gasteiger charge is 2.07. The number of carboxylic acid groups (broad SMARTS) is 1. The van der Waals surface area contributed by atoms with Crippen LogP contribution in [0.1, 0.15) is 6.92 Å². The van der Waals surface area contributed by atoms with Crippen molar-refractivity contribution in [1.29, 1.82) is 0 Å². The van der Waals surface area contributed by atoms with Crippen LogP contribution in [0.25, 0.3) is 0 Å². The monoisotopic (exact) mass is 236 g/mol. The lowest BCUT2D eigenvalue weighted by Gasteiger charge is -1.98. The van der Waals surface area contributed by atoms with Crippen LogP contribution in [-0.2, 0) is 4.79 Å². The summed E-state index contributed by atoms with van der Waals surface area (Å²) in [5.74, 6) is -1.10. The molecule has 0 aliphatic carbocycles. The van der Waals surface area contributed by atoms with Crippen molar-refractivity contribution >= 4 is 17.9 Å². The number of hydrogen-bond acceptors (Lipinski definition) is 5. The minimum absolute atomic E-state index is 0.263. The summed E-state index contributed by atoms with van der Waals surface area (Å²) < 4.78 is 4.86. The number of allylic oxidation sites excluding steroid dienone is 1. The third kappa shape index (κ3) is 3.60. The van der Waals surface area contributed by atoms with Gasteiger partial charge in [0.15, 0.2) is 0 Å². The van der Waals surface area contributed by atoms with Crippen LogP contribution >= 0.6 is 0 Å². The molecule has 2 N–H and O–H groups in total. The molecule has 90 valence electrons. The van der Waals surface area contributed by atoms with E-state index in [1.807, 2.05) is 0 Å². The standard InChI is InChI=1S/C11H12N2O4/c1-7(14)9(11(15)16)6-12-8-3-4-10(17-2)13-5-8/h3-6,14H,1-2H3,(H,15,16). The van der Waals surface area contributed by atoms with Crippen molar-refractivity contribution in [2.45, 2.75) is 6.92 Å². The van der Waals surface area contributed by atoms with Crippen molar-refractivity contribution in [2.24, 2.45) is 4.99 Å². The molecule has 1 rings (SSSR count). The van der Waals surface area contributed by atoms with Gasteiger partial charge in [0.1, 0.15) is 11.3 Å². The molecule has 0 amide bonds. The Bertz CT molecular complexity index is 459. The zero-order chi connectivity index (χ0) is 12.8. The zero-order valence-electron chi connectivity index (χ0n) is 9.41. The first-order valence-corrected chi connectivity index (χ1v) is 4.72. The summed E-state index contributed by atoms with van der Waals surface area (Å²) in [4.78, 5) is 18.5. The van der Waals surface area contributed by atoms with Gasteiger partial charge >= 0.3 is 5.97 Å². The highest BCUT2D eigenvalue weighted by molar-refractivity contribution is 6.09. The number of methoxy groups -OCH3 is 1. The molecule has 0 atom stereocenters. The van der Waals surface area contributed by atoms with E-state index in [9.17, 15) is 4.79 Å². The van der Waals surface area contributed by atoms with Crippen LogP contribution in [0.2, 0.25) is 0 Å². The number of hydrogen-bond donors (Lipinski definition) is 2. The van der Waals surface area contributed by atoms with Crippen LogP contribution < -0.4 is 4.74 Å². The second-order valence-electron chi connectivity index (χ2n) is 3.12. The maximum absolute atomic E-state index is 10.7. The van der Waals surface area contributed by atoms with Crippen LogP contribution in [0.5, 0.6) is 5.88 Å². The van der Waals surface area contributed by atoms with Crippen LogP contribution in [0.15, 0.2) is 34.7 Å². The lowest BCUT2D eigenvalue weighted by molar-refractivity contribution is -0.132. The summed E-state index contributed by atoms with van der Waals surface area (Å²) in [5.41, 5.74) is 0.201. The maximum atomic E-state index is 10.7. The number of pyridine rings is 1. The lowest BCUT2D eigenvalue weighted by Crippen LogP contribution is -2.04. The van der Waals surface area contributed by atoms with Gasteiger partial charge in [-0.3, -0.25) is 4.99 Å². The van der Waals surface area contributed by atoms with Crippen molar-refractivity contribution in [2.75, 3.05) is 7.11 Å². The summed E-state index contributed by atoms with van der Waals surface area (Å²) in [7, 11) is 1.49. The number of nitrogens with zero attached hydrogens (tertiary/aromatic N) is 2. The largest absolute Gasteiger partial charge is 0.512 e. The average Bonchev–Trinajstić information content (AvgIpc) is 2.29. The number of carbonyl (C=O) groups is 1. The van der Waals surface area contributed by atoms with E-state index in [0.717, 1.165) is 6.21 Å².